The third-order valence-corrected chi connectivity index (χ3v) is 2.67. The van der Waals surface area contributed by atoms with E-state index >= 15 is 0 Å². The van der Waals surface area contributed by atoms with E-state index in [1.54, 1.807) is 6.20 Å². The number of hydrogen-bond acceptors (Lipinski definition) is 3. The zero-order valence-electron chi connectivity index (χ0n) is 6.68. The van der Waals surface area contributed by atoms with Crippen molar-refractivity contribution in [2.75, 3.05) is 18.0 Å². The lowest BCUT2D eigenvalue weighted by Crippen LogP contribution is -2.40. The summed E-state index contributed by atoms with van der Waals surface area (Å²) in [7, 11) is 0. The van der Waals surface area contributed by atoms with E-state index in [4.69, 9.17) is 4.52 Å². The Balaban J connectivity index is 1.87. The molecule has 4 heteroatoms. The molecule has 0 aliphatic carbocycles. The van der Waals surface area contributed by atoms with E-state index in [1.165, 1.54) is 6.42 Å². The number of aromatic nitrogens is 1. The molecule has 2 unspecified atom stereocenters. The Bertz CT molecular complexity index is 272. The minimum atomic E-state index is 0.542. The molecule has 2 aliphatic rings. The van der Waals surface area contributed by atoms with E-state index in [2.05, 4.69) is 15.4 Å². The third-order valence-electron chi connectivity index (χ3n) is 2.67. The average molecular weight is 164 g/mol. The summed E-state index contributed by atoms with van der Waals surface area (Å²) >= 11 is 0. The van der Waals surface area contributed by atoms with Gasteiger partial charge in [-0.3, -0.25) is 0 Å². The zero-order valence-corrected chi connectivity index (χ0v) is 6.68. The Morgan fingerprint density at radius 1 is 1.58 bits per heavy atom. The molecule has 0 amide bonds. The standard InChI is InChI=1S/C8H10N3O/c1-2-10-12-8(1)11-5-6-3-7(11)4-9-6/h1-2,6-7H,3-5H2. The van der Waals surface area contributed by atoms with Gasteiger partial charge in [-0.15, -0.1) is 0 Å². The molecule has 0 saturated carbocycles. The van der Waals surface area contributed by atoms with Crippen molar-refractivity contribution in [1.82, 2.24) is 10.5 Å². The lowest BCUT2D eigenvalue weighted by Gasteiger charge is -2.25. The van der Waals surface area contributed by atoms with Crippen LogP contribution in [0.15, 0.2) is 16.8 Å². The molecule has 0 spiro atoms. The second kappa shape index (κ2) is 2.23. The molecule has 1 radical (unpaired) electrons. The minimum Gasteiger partial charge on any atom is -0.339 e. The topological polar surface area (TPSA) is 43.4 Å². The van der Waals surface area contributed by atoms with Crippen molar-refractivity contribution >= 4 is 5.88 Å². The summed E-state index contributed by atoms with van der Waals surface area (Å²) < 4.78 is 5.10. The quantitative estimate of drug-likeness (QED) is 0.597. The monoisotopic (exact) mass is 164 g/mol. The first kappa shape index (κ1) is 6.48. The second-order valence-corrected chi connectivity index (χ2v) is 3.41. The average Bonchev–Trinajstić information content (AvgIpc) is 2.81. The van der Waals surface area contributed by atoms with Crippen molar-refractivity contribution in [3.63, 3.8) is 0 Å². The Morgan fingerprint density at radius 3 is 3.17 bits per heavy atom. The molecule has 0 N–H and O–H groups in total. The minimum absolute atomic E-state index is 0.542. The molecule has 3 rings (SSSR count). The summed E-state index contributed by atoms with van der Waals surface area (Å²) in [6.07, 6.45) is 2.89. The highest BCUT2D eigenvalue weighted by Gasteiger charge is 2.39. The van der Waals surface area contributed by atoms with Crippen LogP contribution < -0.4 is 10.2 Å². The van der Waals surface area contributed by atoms with Gasteiger partial charge in [0.2, 0.25) is 5.88 Å². The van der Waals surface area contributed by atoms with Gasteiger partial charge >= 0.3 is 0 Å². The molecule has 2 bridgehead atoms. The molecular formula is C8H10N3O. The third kappa shape index (κ3) is 0.783. The van der Waals surface area contributed by atoms with Crippen LogP contribution in [0.2, 0.25) is 0 Å². The smallest absolute Gasteiger partial charge is 0.227 e. The van der Waals surface area contributed by atoms with E-state index in [0.29, 0.717) is 12.1 Å². The van der Waals surface area contributed by atoms with Crippen LogP contribution in [-0.2, 0) is 0 Å². The van der Waals surface area contributed by atoms with Gasteiger partial charge in [-0.1, -0.05) is 5.16 Å². The SMILES string of the molecule is c1cc(N2CC3CC2C[N]3)on1. The predicted octanol–water partition coefficient (Wildman–Crippen LogP) is 0.240. The summed E-state index contributed by atoms with van der Waals surface area (Å²) in [6.45, 7) is 1.98. The maximum atomic E-state index is 5.10. The summed E-state index contributed by atoms with van der Waals surface area (Å²) in [5.74, 6) is 0.900. The molecule has 1 aromatic rings. The molecule has 2 aliphatic heterocycles. The highest BCUT2D eigenvalue weighted by molar-refractivity contribution is 5.39. The Labute approximate surface area is 70.5 Å². The molecule has 3 heterocycles. The lowest BCUT2D eigenvalue weighted by molar-refractivity contribution is 0.405. The molecular weight excluding hydrogens is 154 g/mol. The maximum absolute atomic E-state index is 5.10. The number of piperazine rings is 1. The van der Waals surface area contributed by atoms with Gasteiger partial charge in [0, 0.05) is 31.2 Å². The van der Waals surface area contributed by atoms with Gasteiger partial charge in [0.25, 0.3) is 0 Å². The zero-order chi connectivity index (χ0) is 7.97. The molecule has 0 aromatic carbocycles. The first-order valence-corrected chi connectivity index (χ1v) is 4.27. The summed E-state index contributed by atoms with van der Waals surface area (Å²) in [5.41, 5.74) is 0. The first-order valence-electron chi connectivity index (χ1n) is 4.27. The highest BCUT2D eigenvalue weighted by Crippen LogP contribution is 2.29. The highest BCUT2D eigenvalue weighted by atomic mass is 16.5. The number of fused-ring (bicyclic) bond motifs is 2. The van der Waals surface area contributed by atoms with E-state index in [1.807, 2.05) is 6.07 Å². The van der Waals surface area contributed by atoms with Crippen LogP contribution in [0.1, 0.15) is 6.42 Å². The normalized spacial score (nSPS) is 33.2. The van der Waals surface area contributed by atoms with Crippen LogP contribution >= 0.6 is 0 Å². The Hall–Kier alpha value is -1.03. The van der Waals surface area contributed by atoms with Gasteiger partial charge in [-0.2, -0.15) is 0 Å². The van der Waals surface area contributed by atoms with Gasteiger partial charge in [0.1, 0.15) is 0 Å². The number of hydrogen-bond donors (Lipinski definition) is 0. The van der Waals surface area contributed by atoms with Crippen molar-refractivity contribution in [2.24, 2.45) is 0 Å². The fourth-order valence-electron chi connectivity index (χ4n) is 2.10. The van der Waals surface area contributed by atoms with Gasteiger partial charge in [0.15, 0.2) is 0 Å². The van der Waals surface area contributed by atoms with Gasteiger partial charge in [-0.05, 0) is 6.42 Å². The number of nitrogens with zero attached hydrogens (tertiary/aromatic N) is 3. The van der Waals surface area contributed by atoms with Crippen LogP contribution in [0.3, 0.4) is 0 Å². The maximum Gasteiger partial charge on any atom is 0.227 e. The van der Waals surface area contributed by atoms with E-state index in [-0.39, 0.29) is 0 Å². The Morgan fingerprint density at radius 2 is 2.58 bits per heavy atom. The van der Waals surface area contributed by atoms with Crippen molar-refractivity contribution in [1.29, 1.82) is 0 Å². The second-order valence-electron chi connectivity index (χ2n) is 3.41. The largest absolute Gasteiger partial charge is 0.339 e. The van der Waals surface area contributed by atoms with E-state index in [9.17, 15) is 0 Å². The van der Waals surface area contributed by atoms with Crippen LogP contribution in [0, 0.1) is 0 Å². The van der Waals surface area contributed by atoms with Gasteiger partial charge in [-0.25, -0.2) is 5.32 Å². The molecule has 1 aromatic heterocycles. The summed E-state index contributed by atoms with van der Waals surface area (Å²) in [4.78, 5) is 2.27. The van der Waals surface area contributed by atoms with Crippen LogP contribution in [0.4, 0.5) is 5.88 Å². The van der Waals surface area contributed by atoms with Crippen LogP contribution in [0.25, 0.3) is 0 Å². The van der Waals surface area contributed by atoms with Gasteiger partial charge < -0.3 is 9.42 Å². The van der Waals surface area contributed by atoms with Crippen molar-refractivity contribution in [3.8, 4) is 0 Å². The van der Waals surface area contributed by atoms with Crippen molar-refractivity contribution in [3.05, 3.63) is 12.3 Å². The van der Waals surface area contributed by atoms with Crippen molar-refractivity contribution < 1.29 is 4.52 Å². The fraction of sp³-hybridized carbons (Fsp3) is 0.625. The van der Waals surface area contributed by atoms with E-state index < -0.39 is 0 Å². The molecule has 2 saturated heterocycles. The summed E-state index contributed by atoms with van der Waals surface area (Å²) in [5, 5.41) is 8.16. The molecule has 2 atom stereocenters. The van der Waals surface area contributed by atoms with Crippen molar-refractivity contribution in [2.45, 2.75) is 18.5 Å². The fourth-order valence-corrected chi connectivity index (χ4v) is 2.10. The van der Waals surface area contributed by atoms with E-state index in [0.717, 1.165) is 19.0 Å². The predicted molar refractivity (Wildman–Crippen MR) is 43.0 cm³/mol. The van der Waals surface area contributed by atoms with Crippen LogP contribution in [0.5, 0.6) is 0 Å². The lowest BCUT2D eigenvalue weighted by atomic mass is 10.2. The molecule has 63 valence electrons. The molecule has 12 heavy (non-hydrogen) atoms. The first-order chi connectivity index (χ1) is 5.93. The molecule has 4 nitrogen and oxygen atoms in total. The van der Waals surface area contributed by atoms with Gasteiger partial charge in [0.05, 0.1) is 6.20 Å². The Kier molecular flexibility index (Phi) is 1.20. The number of anilines is 1. The van der Waals surface area contributed by atoms with Crippen LogP contribution in [-0.4, -0.2) is 30.3 Å². The summed E-state index contributed by atoms with van der Waals surface area (Å²) in [6, 6.07) is 3.03. The number of rotatable bonds is 1. The molecule has 2 fully saturated rings.